The fourth-order valence-electron chi connectivity index (χ4n) is 2.60. The Kier molecular flexibility index (Phi) is 5.43. The second-order valence-electron chi connectivity index (χ2n) is 5.65. The van der Waals surface area contributed by atoms with Gasteiger partial charge in [-0.1, -0.05) is 0 Å². The molecule has 1 amide bonds. The molecule has 0 radical (unpaired) electrons. The van der Waals surface area contributed by atoms with Crippen LogP contribution in [-0.2, 0) is 11.2 Å². The third-order valence-electron chi connectivity index (χ3n) is 3.95. The maximum absolute atomic E-state index is 12.1. The van der Waals surface area contributed by atoms with E-state index < -0.39 is 0 Å². The summed E-state index contributed by atoms with van der Waals surface area (Å²) in [6.45, 7) is 7.56. The van der Waals surface area contributed by atoms with Crippen molar-refractivity contribution in [3.8, 4) is 11.5 Å². The van der Waals surface area contributed by atoms with Crippen LogP contribution in [0.4, 0.5) is 0 Å². The van der Waals surface area contributed by atoms with Gasteiger partial charge in [0.1, 0.15) is 5.76 Å². The number of hydrogen-bond acceptors (Lipinski definition) is 6. The summed E-state index contributed by atoms with van der Waals surface area (Å²) in [5, 5.41) is 10.3. The number of aryl methyl sites for hydroxylation is 1. The van der Waals surface area contributed by atoms with E-state index in [0.717, 1.165) is 38.3 Å². The van der Waals surface area contributed by atoms with Crippen LogP contribution in [0.25, 0.3) is 11.5 Å². The lowest BCUT2D eigenvalue weighted by atomic mass is 10.2. The van der Waals surface area contributed by atoms with Crippen molar-refractivity contribution in [2.75, 3.05) is 39.3 Å². The highest BCUT2D eigenvalue weighted by molar-refractivity contribution is 7.08. The molecule has 7 heteroatoms. The van der Waals surface area contributed by atoms with Crippen molar-refractivity contribution in [3.63, 3.8) is 0 Å². The third kappa shape index (κ3) is 4.40. The van der Waals surface area contributed by atoms with E-state index in [-0.39, 0.29) is 12.3 Å². The Morgan fingerprint density at radius 1 is 1.48 bits per heavy atom. The minimum atomic E-state index is -0.00611. The summed E-state index contributed by atoms with van der Waals surface area (Å²) in [5.74, 6) is 1.30. The fourth-order valence-corrected chi connectivity index (χ4v) is 3.23. The molecule has 1 fully saturated rings. The number of hydrogen-bond donors (Lipinski definition) is 2. The van der Waals surface area contributed by atoms with Crippen LogP contribution < -0.4 is 10.6 Å². The van der Waals surface area contributed by atoms with Gasteiger partial charge in [-0.2, -0.15) is 11.3 Å². The van der Waals surface area contributed by atoms with Gasteiger partial charge < -0.3 is 15.1 Å². The zero-order valence-corrected chi connectivity index (χ0v) is 14.1. The Bertz CT molecular complexity index is 633. The van der Waals surface area contributed by atoms with Gasteiger partial charge in [-0.05, 0) is 18.4 Å². The molecule has 0 atom stereocenters. The standard InChI is InChI=1S/C16H22N4O2S/c1-12-14(19-16(22-12)13-2-9-23-11-13)10-15(21)18-5-8-20-6-3-17-4-7-20/h2,9,11,17H,3-8,10H2,1H3,(H,18,21). The quantitative estimate of drug-likeness (QED) is 0.833. The van der Waals surface area contributed by atoms with Gasteiger partial charge in [-0.25, -0.2) is 4.98 Å². The Hall–Kier alpha value is -1.70. The van der Waals surface area contributed by atoms with Crippen molar-refractivity contribution in [1.29, 1.82) is 0 Å². The molecule has 0 unspecified atom stereocenters. The number of nitrogens with zero attached hydrogens (tertiary/aromatic N) is 2. The van der Waals surface area contributed by atoms with Crippen LogP contribution in [0.3, 0.4) is 0 Å². The predicted molar refractivity (Wildman–Crippen MR) is 90.6 cm³/mol. The molecule has 6 nitrogen and oxygen atoms in total. The van der Waals surface area contributed by atoms with E-state index in [4.69, 9.17) is 4.42 Å². The highest BCUT2D eigenvalue weighted by Crippen LogP contribution is 2.23. The summed E-state index contributed by atoms with van der Waals surface area (Å²) >= 11 is 1.60. The Balaban J connectivity index is 1.48. The van der Waals surface area contributed by atoms with Gasteiger partial charge in [0.25, 0.3) is 0 Å². The van der Waals surface area contributed by atoms with E-state index in [1.807, 2.05) is 23.8 Å². The molecule has 1 aliphatic heterocycles. The molecule has 0 spiro atoms. The molecule has 23 heavy (non-hydrogen) atoms. The summed E-state index contributed by atoms with van der Waals surface area (Å²) in [4.78, 5) is 18.9. The number of rotatable bonds is 6. The average molecular weight is 334 g/mol. The Labute approximate surface area is 139 Å². The molecule has 124 valence electrons. The molecular weight excluding hydrogens is 312 g/mol. The number of oxazole rings is 1. The normalized spacial score (nSPS) is 15.7. The molecular formula is C16H22N4O2S. The lowest BCUT2D eigenvalue weighted by Crippen LogP contribution is -2.46. The lowest BCUT2D eigenvalue weighted by Gasteiger charge is -2.27. The van der Waals surface area contributed by atoms with E-state index in [2.05, 4.69) is 20.5 Å². The Morgan fingerprint density at radius 2 is 2.30 bits per heavy atom. The molecule has 0 saturated carbocycles. The van der Waals surface area contributed by atoms with E-state index in [1.54, 1.807) is 11.3 Å². The molecule has 0 aliphatic carbocycles. The number of carbonyl (C=O) groups excluding carboxylic acids is 1. The number of amides is 1. The van der Waals surface area contributed by atoms with Gasteiger partial charge in [-0.3, -0.25) is 9.69 Å². The van der Waals surface area contributed by atoms with Gasteiger partial charge in [0.2, 0.25) is 11.8 Å². The molecule has 0 aromatic carbocycles. The first-order valence-corrected chi connectivity index (χ1v) is 8.85. The van der Waals surface area contributed by atoms with Crippen LogP contribution in [0.2, 0.25) is 0 Å². The minimum absolute atomic E-state index is 0.00611. The molecule has 1 aliphatic rings. The lowest BCUT2D eigenvalue weighted by molar-refractivity contribution is -0.120. The summed E-state index contributed by atoms with van der Waals surface area (Å²) in [6.07, 6.45) is 0.265. The summed E-state index contributed by atoms with van der Waals surface area (Å²) in [5.41, 5.74) is 1.68. The zero-order valence-electron chi connectivity index (χ0n) is 13.3. The second-order valence-corrected chi connectivity index (χ2v) is 6.43. The second kappa shape index (κ2) is 7.72. The van der Waals surface area contributed by atoms with Crippen molar-refractivity contribution in [1.82, 2.24) is 20.5 Å². The van der Waals surface area contributed by atoms with E-state index in [1.165, 1.54) is 0 Å². The number of thiophene rings is 1. The van der Waals surface area contributed by atoms with Gasteiger partial charge >= 0.3 is 0 Å². The zero-order chi connectivity index (χ0) is 16.1. The smallest absolute Gasteiger partial charge is 0.227 e. The highest BCUT2D eigenvalue weighted by atomic mass is 32.1. The minimum Gasteiger partial charge on any atom is -0.441 e. The molecule has 3 heterocycles. The molecule has 2 aromatic rings. The van der Waals surface area contributed by atoms with Crippen LogP contribution in [0.15, 0.2) is 21.2 Å². The monoisotopic (exact) mass is 334 g/mol. The SMILES string of the molecule is Cc1oc(-c2ccsc2)nc1CC(=O)NCCN1CCNCC1. The van der Waals surface area contributed by atoms with Gasteiger partial charge in [0, 0.05) is 50.2 Å². The van der Waals surface area contributed by atoms with E-state index in [0.29, 0.717) is 23.9 Å². The van der Waals surface area contributed by atoms with Crippen molar-refractivity contribution in [2.24, 2.45) is 0 Å². The first-order chi connectivity index (χ1) is 11.2. The molecule has 0 bridgehead atoms. The molecule has 3 rings (SSSR count). The van der Waals surface area contributed by atoms with Crippen LogP contribution in [0.5, 0.6) is 0 Å². The third-order valence-corrected chi connectivity index (χ3v) is 4.63. The predicted octanol–water partition coefficient (Wildman–Crippen LogP) is 1.28. The summed E-state index contributed by atoms with van der Waals surface area (Å²) in [6, 6.07) is 1.97. The maximum atomic E-state index is 12.1. The van der Waals surface area contributed by atoms with Crippen molar-refractivity contribution >= 4 is 17.2 Å². The largest absolute Gasteiger partial charge is 0.441 e. The summed E-state index contributed by atoms with van der Waals surface area (Å²) < 4.78 is 5.66. The van der Waals surface area contributed by atoms with E-state index >= 15 is 0 Å². The van der Waals surface area contributed by atoms with Crippen molar-refractivity contribution < 1.29 is 9.21 Å². The topological polar surface area (TPSA) is 70.4 Å². The average Bonchev–Trinajstić information content (AvgIpc) is 3.19. The number of aromatic nitrogens is 1. The molecule has 1 saturated heterocycles. The van der Waals surface area contributed by atoms with Crippen LogP contribution in [0.1, 0.15) is 11.5 Å². The van der Waals surface area contributed by atoms with E-state index in [9.17, 15) is 4.79 Å². The Morgan fingerprint density at radius 3 is 3.04 bits per heavy atom. The van der Waals surface area contributed by atoms with Gasteiger partial charge in [-0.15, -0.1) is 0 Å². The number of piperazine rings is 1. The van der Waals surface area contributed by atoms with Crippen LogP contribution in [0, 0.1) is 6.92 Å². The van der Waals surface area contributed by atoms with Crippen LogP contribution >= 0.6 is 11.3 Å². The van der Waals surface area contributed by atoms with Crippen molar-refractivity contribution in [2.45, 2.75) is 13.3 Å². The maximum Gasteiger partial charge on any atom is 0.227 e. The highest BCUT2D eigenvalue weighted by Gasteiger charge is 2.15. The van der Waals surface area contributed by atoms with Gasteiger partial charge in [0.05, 0.1) is 12.1 Å². The van der Waals surface area contributed by atoms with Gasteiger partial charge in [0.15, 0.2) is 0 Å². The van der Waals surface area contributed by atoms with Crippen molar-refractivity contribution in [3.05, 3.63) is 28.3 Å². The molecule has 2 N–H and O–H groups in total. The number of nitrogens with one attached hydrogen (secondary N) is 2. The number of carbonyl (C=O) groups is 1. The first kappa shape index (κ1) is 16.2. The van der Waals surface area contributed by atoms with Crippen LogP contribution in [-0.4, -0.2) is 55.1 Å². The summed E-state index contributed by atoms with van der Waals surface area (Å²) in [7, 11) is 0. The first-order valence-electron chi connectivity index (χ1n) is 7.91. The molecule has 2 aromatic heterocycles. The fraction of sp³-hybridized carbons (Fsp3) is 0.500.